The molecule has 1 saturated heterocycles. The summed E-state index contributed by atoms with van der Waals surface area (Å²) in [4.78, 5) is 24.2. The first-order valence-electron chi connectivity index (χ1n) is 12.4. The van der Waals surface area contributed by atoms with Crippen LogP contribution in [0.15, 0.2) is 12.1 Å². The number of aliphatic hydroxyl groups is 1. The van der Waals surface area contributed by atoms with E-state index in [-0.39, 0.29) is 44.1 Å². The number of amides is 1. The Labute approximate surface area is 209 Å². The first kappa shape index (κ1) is 26.4. The summed E-state index contributed by atoms with van der Waals surface area (Å²) in [6.07, 6.45) is -1.33. The molecule has 36 heavy (non-hydrogen) atoms. The molecule has 2 unspecified atom stereocenters. The second kappa shape index (κ2) is 10.0. The summed E-state index contributed by atoms with van der Waals surface area (Å²) in [6.45, 7) is 9.67. The predicted molar refractivity (Wildman–Crippen MR) is 129 cm³/mol. The average Bonchev–Trinajstić information content (AvgIpc) is 3.12. The van der Waals surface area contributed by atoms with Gasteiger partial charge in [-0.3, -0.25) is 4.90 Å². The van der Waals surface area contributed by atoms with Crippen molar-refractivity contribution in [2.75, 3.05) is 18.1 Å². The van der Waals surface area contributed by atoms with E-state index in [4.69, 9.17) is 9.47 Å². The molecule has 2 fully saturated rings. The van der Waals surface area contributed by atoms with Gasteiger partial charge < -0.3 is 14.6 Å². The number of aliphatic hydroxyl groups excluding tert-OH is 1. The van der Waals surface area contributed by atoms with Crippen LogP contribution in [0.1, 0.15) is 75.9 Å². The second-order valence-corrected chi connectivity index (χ2v) is 10.8. The Morgan fingerprint density at radius 1 is 1.19 bits per heavy atom. The van der Waals surface area contributed by atoms with Crippen LogP contribution < -0.4 is 4.90 Å². The zero-order chi connectivity index (χ0) is 26.3. The van der Waals surface area contributed by atoms with Gasteiger partial charge >= 0.3 is 6.09 Å². The number of aryl methyl sites for hydroxylation is 2. The number of nitrogens with zero attached hydrogens (tertiary/aromatic N) is 5. The van der Waals surface area contributed by atoms with Crippen molar-refractivity contribution in [1.29, 1.82) is 0 Å². The minimum atomic E-state index is -2.76. The summed E-state index contributed by atoms with van der Waals surface area (Å²) in [7, 11) is 0. The van der Waals surface area contributed by atoms with E-state index in [0.29, 0.717) is 18.7 Å². The first-order chi connectivity index (χ1) is 16.8. The highest BCUT2D eigenvalue weighted by Gasteiger charge is 2.41. The van der Waals surface area contributed by atoms with Crippen LogP contribution in [0.25, 0.3) is 5.95 Å². The lowest BCUT2D eigenvalue weighted by Crippen LogP contribution is -2.47. The van der Waals surface area contributed by atoms with E-state index < -0.39 is 35.7 Å². The molecule has 198 valence electrons. The van der Waals surface area contributed by atoms with Gasteiger partial charge in [0.2, 0.25) is 5.92 Å². The third-order valence-corrected chi connectivity index (χ3v) is 6.51. The number of aromatic nitrogens is 4. The molecule has 2 atom stereocenters. The van der Waals surface area contributed by atoms with Gasteiger partial charge in [0.15, 0.2) is 0 Å². The van der Waals surface area contributed by atoms with E-state index in [0.717, 1.165) is 11.4 Å². The van der Waals surface area contributed by atoms with Crippen molar-refractivity contribution < 1.29 is 28.2 Å². The molecule has 1 amide bonds. The molecule has 1 aliphatic heterocycles. The Kier molecular flexibility index (Phi) is 7.34. The minimum Gasteiger partial charge on any atom is -0.443 e. The third kappa shape index (κ3) is 6.00. The topological polar surface area (TPSA) is 103 Å². The summed E-state index contributed by atoms with van der Waals surface area (Å²) in [5, 5.41) is 15.2. The fourth-order valence-electron chi connectivity index (χ4n) is 4.71. The molecule has 2 aliphatic rings. The SMILES string of the molecule is Cc1cc(C)n(-c2nc(C3COCCC3O)cc(N(C(=O)OC(C)(C)C)C3CCC(F)(F)CC3)n2)n1. The van der Waals surface area contributed by atoms with E-state index in [1.165, 1.54) is 4.90 Å². The summed E-state index contributed by atoms with van der Waals surface area (Å²) in [6, 6.07) is 2.99. The van der Waals surface area contributed by atoms with Crippen molar-refractivity contribution >= 4 is 11.9 Å². The number of alkyl halides is 2. The number of carbonyl (C=O) groups excluding carboxylic acids is 1. The van der Waals surface area contributed by atoms with Gasteiger partial charge in [0.1, 0.15) is 11.4 Å². The van der Waals surface area contributed by atoms with E-state index in [2.05, 4.69) is 15.1 Å². The van der Waals surface area contributed by atoms with Crippen LogP contribution in [0.3, 0.4) is 0 Å². The van der Waals surface area contributed by atoms with Crippen molar-refractivity contribution in [2.45, 2.75) is 96.3 Å². The fraction of sp³-hybridized carbons (Fsp3) is 0.680. The molecule has 0 aromatic carbocycles. The van der Waals surface area contributed by atoms with E-state index in [9.17, 15) is 18.7 Å². The second-order valence-electron chi connectivity index (χ2n) is 10.8. The number of hydrogen-bond acceptors (Lipinski definition) is 7. The summed E-state index contributed by atoms with van der Waals surface area (Å²) < 4.78 is 40.8. The van der Waals surface area contributed by atoms with Crippen LogP contribution in [0, 0.1) is 13.8 Å². The molecule has 1 N–H and O–H groups in total. The highest BCUT2D eigenvalue weighted by molar-refractivity contribution is 5.87. The average molecular weight is 508 g/mol. The highest BCUT2D eigenvalue weighted by Crippen LogP contribution is 2.38. The molecule has 1 saturated carbocycles. The third-order valence-electron chi connectivity index (χ3n) is 6.51. The molecule has 0 spiro atoms. The van der Waals surface area contributed by atoms with Gasteiger partial charge in [0, 0.05) is 37.3 Å². The number of halogens is 2. The Balaban J connectivity index is 1.82. The fourth-order valence-corrected chi connectivity index (χ4v) is 4.71. The van der Waals surface area contributed by atoms with E-state index in [1.54, 1.807) is 31.5 Å². The highest BCUT2D eigenvalue weighted by atomic mass is 19.3. The van der Waals surface area contributed by atoms with Gasteiger partial charge in [-0.05, 0) is 59.9 Å². The van der Waals surface area contributed by atoms with Gasteiger partial charge in [-0.2, -0.15) is 10.1 Å². The Bertz CT molecular complexity index is 1090. The molecule has 2 aromatic rings. The number of anilines is 1. The summed E-state index contributed by atoms with van der Waals surface area (Å²) in [5.41, 5.74) is 1.25. The number of carbonyl (C=O) groups is 1. The lowest BCUT2D eigenvalue weighted by molar-refractivity contribution is -0.0389. The van der Waals surface area contributed by atoms with Crippen LogP contribution in [0.5, 0.6) is 0 Å². The number of rotatable bonds is 4. The van der Waals surface area contributed by atoms with Gasteiger partial charge in [-0.1, -0.05) is 0 Å². The largest absolute Gasteiger partial charge is 0.443 e. The van der Waals surface area contributed by atoms with Crippen molar-refractivity contribution in [3.8, 4) is 5.95 Å². The van der Waals surface area contributed by atoms with Crippen LogP contribution >= 0.6 is 0 Å². The van der Waals surface area contributed by atoms with E-state index in [1.807, 2.05) is 19.9 Å². The Morgan fingerprint density at radius 2 is 1.89 bits per heavy atom. The molecular weight excluding hydrogens is 472 g/mol. The Morgan fingerprint density at radius 3 is 2.47 bits per heavy atom. The normalized spacial score (nSPS) is 22.9. The molecule has 3 heterocycles. The standard InChI is InChI=1S/C25H35F2N5O4/c1-15-12-16(2)32(30-15)22-28-19(18-14-35-11-8-20(18)33)13-21(29-22)31(23(34)36-24(3,4)5)17-6-9-25(26,27)10-7-17/h12-13,17-18,20,33H,6-11,14H2,1-5H3. The van der Waals surface area contributed by atoms with Crippen LogP contribution in [0.2, 0.25) is 0 Å². The van der Waals surface area contributed by atoms with Crippen molar-refractivity contribution in [3.63, 3.8) is 0 Å². The van der Waals surface area contributed by atoms with Crippen molar-refractivity contribution in [3.05, 3.63) is 29.2 Å². The zero-order valence-corrected chi connectivity index (χ0v) is 21.5. The zero-order valence-electron chi connectivity index (χ0n) is 21.5. The summed E-state index contributed by atoms with van der Waals surface area (Å²) in [5.74, 6) is -2.75. The first-order valence-corrected chi connectivity index (χ1v) is 12.4. The molecule has 0 bridgehead atoms. The van der Waals surface area contributed by atoms with Crippen LogP contribution in [0.4, 0.5) is 19.4 Å². The maximum Gasteiger partial charge on any atom is 0.416 e. The van der Waals surface area contributed by atoms with E-state index >= 15 is 0 Å². The molecular formula is C25H35F2N5O4. The molecule has 0 radical (unpaired) electrons. The lowest BCUT2D eigenvalue weighted by Gasteiger charge is -2.37. The Hall–Kier alpha value is -2.66. The quantitative estimate of drug-likeness (QED) is 0.652. The molecule has 11 heteroatoms. The maximum atomic E-state index is 14.0. The van der Waals surface area contributed by atoms with Crippen LogP contribution in [-0.2, 0) is 9.47 Å². The van der Waals surface area contributed by atoms with Gasteiger partial charge in [-0.15, -0.1) is 0 Å². The van der Waals surface area contributed by atoms with Crippen molar-refractivity contribution in [2.24, 2.45) is 0 Å². The molecule has 2 aromatic heterocycles. The van der Waals surface area contributed by atoms with Crippen molar-refractivity contribution in [1.82, 2.24) is 19.7 Å². The number of ether oxygens (including phenoxy) is 2. The molecule has 1 aliphatic carbocycles. The minimum absolute atomic E-state index is 0.107. The number of hydrogen-bond donors (Lipinski definition) is 1. The maximum absolute atomic E-state index is 14.0. The molecule has 4 rings (SSSR count). The van der Waals surface area contributed by atoms with Crippen LogP contribution in [-0.4, -0.2) is 67.8 Å². The monoisotopic (exact) mass is 507 g/mol. The van der Waals surface area contributed by atoms with Gasteiger partial charge in [-0.25, -0.2) is 23.2 Å². The lowest BCUT2D eigenvalue weighted by atomic mass is 9.91. The van der Waals surface area contributed by atoms with Gasteiger partial charge in [0.05, 0.1) is 30.0 Å². The molecule has 9 nitrogen and oxygen atoms in total. The smallest absolute Gasteiger partial charge is 0.416 e. The summed E-state index contributed by atoms with van der Waals surface area (Å²) >= 11 is 0. The predicted octanol–water partition coefficient (Wildman–Crippen LogP) is 4.46. The van der Waals surface area contributed by atoms with Gasteiger partial charge in [0.25, 0.3) is 5.95 Å².